The van der Waals surface area contributed by atoms with Gasteiger partial charge in [0.05, 0.1) is 22.9 Å². The lowest BCUT2D eigenvalue weighted by molar-refractivity contribution is -0.122. The maximum atomic E-state index is 13.4. The Morgan fingerprint density at radius 2 is 1.88 bits per heavy atom. The summed E-state index contributed by atoms with van der Waals surface area (Å²) in [5, 5.41) is 5.65. The van der Waals surface area contributed by atoms with Crippen molar-refractivity contribution in [2.75, 3.05) is 33.2 Å². The second-order valence-electron chi connectivity index (χ2n) is 11.8. The summed E-state index contributed by atoms with van der Waals surface area (Å²) in [6.07, 6.45) is 11.2. The highest BCUT2D eigenvalue weighted by atomic mass is 16.2. The normalized spacial score (nSPS) is 18.3. The van der Waals surface area contributed by atoms with Crippen LogP contribution in [0.5, 0.6) is 0 Å². The van der Waals surface area contributed by atoms with E-state index < -0.39 is 0 Å². The fraction of sp³-hybridized carbons (Fsp3) is 0.485. The van der Waals surface area contributed by atoms with Crippen LogP contribution in [0.25, 0.3) is 21.8 Å². The van der Waals surface area contributed by atoms with Gasteiger partial charge in [-0.25, -0.2) is 0 Å². The second-order valence-corrected chi connectivity index (χ2v) is 11.8. The number of hydrogen-bond donors (Lipinski definition) is 2. The number of nitrogens with one attached hydrogen (secondary N) is 1. The summed E-state index contributed by atoms with van der Waals surface area (Å²) in [6, 6.07) is 15.3. The van der Waals surface area contributed by atoms with Crippen LogP contribution < -0.4 is 11.1 Å². The van der Waals surface area contributed by atoms with Crippen molar-refractivity contribution in [1.29, 1.82) is 0 Å². The fourth-order valence-electron chi connectivity index (χ4n) is 6.86. The van der Waals surface area contributed by atoms with Gasteiger partial charge in [0.1, 0.15) is 6.54 Å². The number of likely N-dealkylation sites (tertiary alicyclic amines) is 1. The molecule has 3 aromatic heterocycles. The number of fused-ring (bicyclic) bond motifs is 4. The molecule has 1 atom stereocenters. The Morgan fingerprint density at radius 1 is 1.02 bits per heavy atom. The van der Waals surface area contributed by atoms with Gasteiger partial charge >= 0.3 is 0 Å². The first kappa shape index (κ1) is 27.8. The topological polar surface area (TPSA) is 92.3 Å². The predicted molar refractivity (Wildman–Crippen MR) is 165 cm³/mol. The van der Waals surface area contributed by atoms with Crippen molar-refractivity contribution in [2.24, 2.45) is 5.73 Å². The largest absolute Gasteiger partial charge is 0.352 e. The monoisotopic (exact) mass is 553 g/mol. The molecule has 8 heteroatoms. The number of unbranched alkanes of at least 4 members (excludes halogenated alkanes) is 1. The maximum Gasteiger partial charge on any atom is 0.240 e. The molecule has 2 aliphatic rings. The number of carbonyl (C=O) groups excluding carboxylic acids is 1. The smallest absolute Gasteiger partial charge is 0.240 e. The summed E-state index contributed by atoms with van der Waals surface area (Å²) in [4.78, 5) is 28.2. The molecule has 4 heterocycles. The molecular formula is C33H43N7O. The lowest BCUT2D eigenvalue weighted by Gasteiger charge is -2.35. The standard InChI is InChI=1S/C33H43N7O/c1-38-20-14-25(15-21-38)37-31(41)23-40-29-11-3-2-10-26(29)27-13-18-35-28(33(27)40)22-39(19-5-4-16-34)30-12-6-8-24-9-7-17-36-32(24)30/h2-3,7,9-11,13,17-18,25,30H,4-6,8,12,14-16,19-23,34H2,1H3,(H,37,41)/t30-/m0/s1. The number of nitrogens with zero attached hydrogens (tertiary/aromatic N) is 5. The quantitative estimate of drug-likeness (QED) is 0.283. The highest BCUT2D eigenvalue weighted by Crippen LogP contribution is 2.36. The summed E-state index contributed by atoms with van der Waals surface area (Å²) in [5.74, 6) is 0.0715. The summed E-state index contributed by atoms with van der Waals surface area (Å²) in [6.45, 7) is 4.67. The molecule has 0 unspecified atom stereocenters. The molecule has 4 aromatic rings. The lowest BCUT2D eigenvalue weighted by atomic mass is 9.90. The van der Waals surface area contributed by atoms with Gasteiger partial charge in [-0.05, 0) is 102 Å². The zero-order chi connectivity index (χ0) is 28.2. The zero-order valence-corrected chi connectivity index (χ0v) is 24.3. The van der Waals surface area contributed by atoms with Gasteiger partial charge in [0.2, 0.25) is 5.91 Å². The number of amides is 1. The predicted octanol–water partition coefficient (Wildman–Crippen LogP) is 4.41. The van der Waals surface area contributed by atoms with Gasteiger partial charge in [0.25, 0.3) is 0 Å². The summed E-state index contributed by atoms with van der Waals surface area (Å²) >= 11 is 0. The van der Waals surface area contributed by atoms with E-state index in [1.165, 1.54) is 11.3 Å². The van der Waals surface area contributed by atoms with Gasteiger partial charge in [0.15, 0.2) is 0 Å². The van der Waals surface area contributed by atoms with Gasteiger partial charge in [-0.3, -0.25) is 19.7 Å². The van der Waals surface area contributed by atoms with E-state index in [4.69, 9.17) is 15.7 Å². The number of para-hydroxylation sites is 1. The first-order chi connectivity index (χ1) is 20.1. The lowest BCUT2D eigenvalue weighted by Crippen LogP contribution is -2.44. The van der Waals surface area contributed by atoms with Crippen LogP contribution in [0.1, 0.15) is 61.5 Å². The number of carbonyl (C=O) groups is 1. The molecule has 1 aliphatic carbocycles. The molecule has 216 valence electrons. The van der Waals surface area contributed by atoms with E-state index in [1.807, 2.05) is 12.4 Å². The van der Waals surface area contributed by atoms with E-state index in [0.717, 1.165) is 92.1 Å². The first-order valence-electron chi connectivity index (χ1n) is 15.3. The van der Waals surface area contributed by atoms with Crippen molar-refractivity contribution in [3.05, 3.63) is 71.8 Å². The van der Waals surface area contributed by atoms with Crippen molar-refractivity contribution in [3.8, 4) is 0 Å². The summed E-state index contributed by atoms with van der Waals surface area (Å²) < 4.78 is 2.20. The Hall–Kier alpha value is -3.33. The SMILES string of the molecule is CN1CCC(NC(=O)Cn2c3ccccc3c3ccnc(CN(CCCCN)[C@H]4CCCc5cccnc54)c32)CC1. The van der Waals surface area contributed by atoms with Crippen molar-refractivity contribution in [3.63, 3.8) is 0 Å². The van der Waals surface area contributed by atoms with Crippen LogP contribution in [0.2, 0.25) is 0 Å². The Balaban J connectivity index is 1.35. The molecule has 6 rings (SSSR count). The van der Waals surface area contributed by atoms with E-state index in [2.05, 4.69) is 69.2 Å². The van der Waals surface area contributed by atoms with Crippen LogP contribution in [0.15, 0.2) is 54.9 Å². The summed E-state index contributed by atoms with van der Waals surface area (Å²) in [5.41, 5.74) is 11.6. The van der Waals surface area contributed by atoms with Crippen molar-refractivity contribution in [1.82, 2.24) is 29.7 Å². The number of nitrogens with two attached hydrogens (primary N) is 1. The highest BCUT2D eigenvalue weighted by molar-refractivity contribution is 6.09. The average molecular weight is 554 g/mol. The molecule has 1 saturated heterocycles. The number of piperidine rings is 1. The van der Waals surface area contributed by atoms with Crippen molar-refractivity contribution < 1.29 is 4.79 Å². The molecule has 8 nitrogen and oxygen atoms in total. The maximum absolute atomic E-state index is 13.4. The summed E-state index contributed by atoms with van der Waals surface area (Å²) in [7, 11) is 2.14. The zero-order valence-electron chi connectivity index (χ0n) is 24.3. The van der Waals surface area contributed by atoms with E-state index >= 15 is 0 Å². The van der Waals surface area contributed by atoms with Crippen molar-refractivity contribution >= 4 is 27.7 Å². The number of hydrogen-bond acceptors (Lipinski definition) is 6. The Labute approximate surface area is 242 Å². The van der Waals surface area contributed by atoms with Crippen LogP contribution >= 0.6 is 0 Å². The Kier molecular flexibility index (Phi) is 8.60. The van der Waals surface area contributed by atoms with E-state index in [-0.39, 0.29) is 24.5 Å². The molecule has 41 heavy (non-hydrogen) atoms. The molecule has 0 radical (unpaired) electrons. The van der Waals surface area contributed by atoms with Gasteiger partial charge < -0.3 is 20.5 Å². The second kappa shape index (κ2) is 12.7. The van der Waals surface area contributed by atoms with Crippen LogP contribution in [-0.4, -0.2) is 69.5 Å². The van der Waals surface area contributed by atoms with Crippen LogP contribution in [0.3, 0.4) is 0 Å². The minimum atomic E-state index is 0.0715. The third-order valence-corrected chi connectivity index (χ3v) is 9.00. The molecule has 1 aromatic carbocycles. The van der Waals surface area contributed by atoms with Gasteiger partial charge in [-0.2, -0.15) is 0 Å². The van der Waals surface area contributed by atoms with Gasteiger partial charge in [-0.1, -0.05) is 24.3 Å². The molecule has 1 aliphatic heterocycles. The van der Waals surface area contributed by atoms with Gasteiger partial charge in [-0.15, -0.1) is 0 Å². The highest BCUT2D eigenvalue weighted by Gasteiger charge is 2.29. The molecule has 0 saturated carbocycles. The Bertz CT molecular complexity index is 1490. The average Bonchev–Trinajstić information content (AvgIpc) is 3.31. The number of aromatic nitrogens is 3. The molecule has 0 bridgehead atoms. The minimum Gasteiger partial charge on any atom is -0.352 e. The van der Waals surface area contributed by atoms with Crippen molar-refractivity contribution in [2.45, 2.75) is 70.1 Å². The first-order valence-corrected chi connectivity index (χ1v) is 15.3. The third-order valence-electron chi connectivity index (χ3n) is 9.00. The number of aryl methyl sites for hydroxylation is 1. The van der Waals surface area contributed by atoms with E-state index in [0.29, 0.717) is 13.1 Å². The van der Waals surface area contributed by atoms with Crippen LogP contribution in [0.4, 0.5) is 0 Å². The molecular weight excluding hydrogens is 510 g/mol. The van der Waals surface area contributed by atoms with E-state index in [9.17, 15) is 4.79 Å². The van der Waals surface area contributed by atoms with Crippen LogP contribution in [0, 0.1) is 0 Å². The van der Waals surface area contributed by atoms with Crippen LogP contribution in [-0.2, 0) is 24.3 Å². The fourth-order valence-corrected chi connectivity index (χ4v) is 6.86. The van der Waals surface area contributed by atoms with Gasteiger partial charge in [0, 0.05) is 41.3 Å². The van der Waals surface area contributed by atoms with E-state index in [1.54, 1.807) is 0 Å². The third kappa shape index (κ3) is 6.01. The molecule has 1 fully saturated rings. The molecule has 0 spiro atoms. The number of rotatable bonds is 10. The Morgan fingerprint density at radius 3 is 2.73 bits per heavy atom. The minimum absolute atomic E-state index is 0.0715. The number of benzene rings is 1. The molecule has 1 amide bonds. The number of pyridine rings is 2. The molecule has 3 N–H and O–H groups in total.